The molecule has 6 heteroatoms. The molecule has 3 N–H and O–H groups in total. The van der Waals surface area contributed by atoms with Crippen LogP contribution in [0.1, 0.15) is 0 Å². The summed E-state index contributed by atoms with van der Waals surface area (Å²) < 4.78 is 24.4. The minimum atomic E-state index is -1.83. The minimum Gasteiger partial charge on any atom is -0.480 e. The summed E-state index contributed by atoms with van der Waals surface area (Å²) in [6.07, 6.45) is 0. The van der Waals surface area contributed by atoms with Crippen LogP contribution in [0.3, 0.4) is 0 Å². The van der Waals surface area contributed by atoms with Gasteiger partial charge in [0.25, 0.3) is 0 Å². The standard InChI is InChI=1S/C9H10FNO3S/c10-6-2-1-3-7(4-6)15(14)8(5-11)9(12)13/h1-4,8H,5,11H2,(H,12,13). The summed E-state index contributed by atoms with van der Waals surface area (Å²) in [5.74, 6) is -1.80. The highest BCUT2D eigenvalue weighted by Crippen LogP contribution is 2.12. The smallest absolute Gasteiger partial charge is 0.320 e. The second-order valence-electron chi connectivity index (χ2n) is 2.82. The van der Waals surface area contributed by atoms with Crippen molar-refractivity contribution in [2.75, 3.05) is 6.54 Å². The number of carboxylic acid groups (broad SMARTS) is 1. The van der Waals surface area contributed by atoms with Crippen molar-refractivity contribution >= 4 is 16.8 Å². The van der Waals surface area contributed by atoms with Crippen molar-refractivity contribution in [2.24, 2.45) is 5.73 Å². The Hall–Kier alpha value is -1.27. The molecular formula is C9H10FNO3S. The third-order valence-electron chi connectivity index (χ3n) is 1.78. The first-order valence-corrected chi connectivity index (χ1v) is 5.36. The van der Waals surface area contributed by atoms with Gasteiger partial charge in [-0.2, -0.15) is 0 Å². The maximum atomic E-state index is 12.8. The Morgan fingerprint density at radius 2 is 2.27 bits per heavy atom. The zero-order valence-corrected chi connectivity index (χ0v) is 8.54. The number of aliphatic carboxylic acids is 1. The Morgan fingerprint density at radius 3 is 2.73 bits per heavy atom. The Bertz CT molecular complexity index is 397. The van der Waals surface area contributed by atoms with E-state index in [4.69, 9.17) is 10.8 Å². The van der Waals surface area contributed by atoms with Gasteiger partial charge in [0, 0.05) is 11.4 Å². The quantitative estimate of drug-likeness (QED) is 0.783. The molecule has 1 aromatic carbocycles. The van der Waals surface area contributed by atoms with E-state index in [2.05, 4.69) is 0 Å². The molecule has 4 nitrogen and oxygen atoms in total. The van der Waals surface area contributed by atoms with E-state index in [1.807, 2.05) is 0 Å². The van der Waals surface area contributed by atoms with Gasteiger partial charge < -0.3 is 10.8 Å². The van der Waals surface area contributed by atoms with Gasteiger partial charge in [-0.05, 0) is 18.2 Å². The Morgan fingerprint density at radius 1 is 1.60 bits per heavy atom. The Labute approximate surface area is 88.4 Å². The van der Waals surface area contributed by atoms with E-state index in [0.29, 0.717) is 0 Å². The highest BCUT2D eigenvalue weighted by Gasteiger charge is 2.24. The largest absolute Gasteiger partial charge is 0.480 e. The molecule has 15 heavy (non-hydrogen) atoms. The molecule has 0 aliphatic rings. The molecule has 0 aliphatic heterocycles. The molecule has 0 heterocycles. The number of nitrogens with two attached hydrogens (primary N) is 1. The molecule has 0 radical (unpaired) electrons. The number of carbonyl (C=O) groups is 1. The van der Waals surface area contributed by atoms with Crippen LogP contribution < -0.4 is 5.73 Å². The Balaban J connectivity index is 2.98. The summed E-state index contributed by atoms with van der Waals surface area (Å²) in [5.41, 5.74) is 5.18. The monoisotopic (exact) mass is 231 g/mol. The fourth-order valence-electron chi connectivity index (χ4n) is 1.04. The molecule has 0 saturated heterocycles. The van der Waals surface area contributed by atoms with Gasteiger partial charge in [-0.1, -0.05) is 6.07 Å². The van der Waals surface area contributed by atoms with Crippen LogP contribution in [0.15, 0.2) is 29.2 Å². The lowest BCUT2D eigenvalue weighted by molar-refractivity contribution is -0.136. The molecule has 2 atom stereocenters. The van der Waals surface area contributed by atoms with Crippen LogP contribution in [0.25, 0.3) is 0 Å². The molecule has 1 rings (SSSR count). The first-order valence-electron chi connectivity index (χ1n) is 4.15. The third-order valence-corrected chi connectivity index (χ3v) is 3.41. The third kappa shape index (κ3) is 2.84. The number of benzene rings is 1. The second-order valence-corrected chi connectivity index (χ2v) is 4.45. The molecule has 0 aromatic heterocycles. The lowest BCUT2D eigenvalue weighted by Crippen LogP contribution is -2.33. The molecule has 0 aliphatic carbocycles. The van der Waals surface area contributed by atoms with Gasteiger partial charge in [0.15, 0.2) is 0 Å². The summed E-state index contributed by atoms with van der Waals surface area (Å²) in [5, 5.41) is 7.51. The molecule has 82 valence electrons. The predicted molar refractivity (Wildman–Crippen MR) is 53.3 cm³/mol. The van der Waals surface area contributed by atoms with Gasteiger partial charge in [0.2, 0.25) is 0 Å². The number of rotatable bonds is 4. The molecule has 2 unspecified atom stereocenters. The average Bonchev–Trinajstić information content (AvgIpc) is 2.18. The van der Waals surface area contributed by atoms with Gasteiger partial charge in [0.1, 0.15) is 11.1 Å². The fraction of sp³-hybridized carbons (Fsp3) is 0.222. The zero-order chi connectivity index (χ0) is 11.4. The molecule has 0 fully saturated rings. The van der Waals surface area contributed by atoms with Crippen molar-refractivity contribution in [1.82, 2.24) is 0 Å². The first-order chi connectivity index (χ1) is 7.06. The second kappa shape index (κ2) is 4.99. The van der Waals surface area contributed by atoms with Crippen molar-refractivity contribution in [2.45, 2.75) is 10.1 Å². The summed E-state index contributed by atoms with van der Waals surface area (Å²) in [6.45, 7) is -0.252. The lowest BCUT2D eigenvalue weighted by Gasteiger charge is -2.09. The van der Waals surface area contributed by atoms with E-state index >= 15 is 0 Å². The van der Waals surface area contributed by atoms with Crippen molar-refractivity contribution in [1.29, 1.82) is 0 Å². The first kappa shape index (κ1) is 11.8. The molecule has 0 spiro atoms. The Kier molecular flexibility index (Phi) is 3.93. The normalized spacial score (nSPS) is 14.5. The summed E-state index contributed by atoms with van der Waals surface area (Å²) in [6, 6.07) is 5.02. The molecule has 0 saturated carbocycles. The number of hydrogen-bond acceptors (Lipinski definition) is 3. The maximum absolute atomic E-state index is 12.8. The van der Waals surface area contributed by atoms with Gasteiger partial charge in [0.05, 0.1) is 10.8 Å². The minimum absolute atomic E-state index is 0.132. The highest BCUT2D eigenvalue weighted by molar-refractivity contribution is 7.86. The summed E-state index contributed by atoms with van der Waals surface area (Å²) in [7, 11) is -1.83. The van der Waals surface area contributed by atoms with E-state index in [-0.39, 0.29) is 11.4 Å². The summed E-state index contributed by atoms with van der Waals surface area (Å²) in [4.78, 5) is 10.8. The van der Waals surface area contributed by atoms with Gasteiger partial charge in [-0.15, -0.1) is 0 Å². The van der Waals surface area contributed by atoms with Crippen LogP contribution in [0.2, 0.25) is 0 Å². The number of carboxylic acids is 1. The topological polar surface area (TPSA) is 80.4 Å². The van der Waals surface area contributed by atoms with Crippen molar-refractivity contribution in [3.8, 4) is 0 Å². The van der Waals surface area contributed by atoms with Crippen molar-refractivity contribution < 1.29 is 18.5 Å². The van der Waals surface area contributed by atoms with Crippen LogP contribution in [0.5, 0.6) is 0 Å². The zero-order valence-electron chi connectivity index (χ0n) is 7.72. The molecule has 0 bridgehead atoms. The van der Waals surface area contributed by atoms with E-state index in [1.54, 1.807) is 0 Å². The molecular weight excluding hydrogens is 221 g/mol. The highest BCUT2D eigenvalue weighted by atomic mass is 32.2. The average molecular weight is 231 g/mol. The van der Waals surface area contributed by atoms with E-state index < -0.39 is 27.8 Å². The number of hydrogen-bond donors (Lipinski definition) is 2. The van der Waals surface area contributed by atoms with Gasteiger partial charge >= 0.3 is 5.97 Å². The van der Waals surface area contributed by atoms with Crippen molar-refractivity contribution in [3.63, 3.8) is 0 Å². The summed E-state index contributed by atoms with van der Waals surface area (Å²) >= 11 is 0. The maximum Gasteiger partial charge on any atom is 0.320 e. The number of halogens is 1. The van der Waals surface area contributed by atoms with Crippen LogP contribution in [-0.4, -0.2) is 27.1 Å². The predicted octanol–water partition coefficient (Wildman–Crippen LogP) is 0.345. The van der Waals surface area contributed by atoms with Crippen LogP contribution in [-0.2, 0) is 15.6 Å². The van der Waals surface area contributed by atoms with E-state index in [9.17, 15) is 13.4 Å². The fourth-order valence-corrected chi connectivity index (χ4v) is 2.16. The molecule has 1 aromatic rings. The van der Waals surface area contributed by atoms with Crippen LogP contribution in [0, 0.1) is 5.82 Å². The molecule has 0 amide bonds. The lowest BCUT2D eigenvalue weighted by atomic mass is 10.3. The van der Waals surface area contributed by atoms with E-state index in [0.717, 1.165) is 6.07 Å². The van der Waals surface area contributed by atoms with Crippen LogP contribution >= 0.6 is 0 Å². The SMILES string of the molecule is NCC(C(=O)O)S(=O)c1cccc(F)c1. The van der Waals surface area contributed by atoms with E-state index in [1.165, 1.54) is 18.2 Å². The van der Waals surface area contributed by atoms with Crippen molar-refractivity contribution in [3.05, 3.63) is 30.1 Å². The van der Waals surface area contributed by atoms with Crippen LogP contribution in [0.4, 0.5) is 4.39 Å². The van der Waals surface area contributed by atoms with Gasteiger partial charge in [-0.3, -0.25) is 9.00 Å². The van der Waals surface area contributed by atoms with Gasteiger partial charge in [-0.25, -0.2) is 4.39 Å².